The highest BCUT2D eigenvalue weighted by molar-refractivity contribution is 5.62. The van der Waals surface area contributed by atoms with Crippen molar-refractivity contribution in [2.75, 3.05) is 0 Å². The Morgan fingerprint density at radius 2 is 1.64 bits per heavy atom. The number of hydrogen-bond donors (Lipinski definition) is 2. The van der Waals surface area contributed by atoms with Crippen LogP contribution in [0.1, 0.15) is 17.0 Å². The molecule has 0 spiro atoms. The maximum Gasteiger partial charge on any atom is 0.219 e. The van der Waals surface area contributed by atoms with Crippen LogP contribution in [0.25, 0.3) is 16.9 Å². The molecule has 0 aliphatic carbocycles. The summed E-state index contributed by atoms with van der Waals surface area (Å²) in [5.74, 6) is 0.335. The largest absolute Gasteiger partial charge is 0.508 e. The summed E-state index contributed by atoms with van der Waals surface area (Å²) in [6, 6.07) is 16.7. The Labute approximate surface area is 144 Å². The molecule has 0 aliphatic heterocycles. The SMILES string of the molecule is Cc1nc(-c2ccccc2)cn2c(O)c(Cc3ccc(O)cc3)nc12. The highest BCUT2D eigenvalue weighted by Gasteiger charge is 2.15. The van der Waals surface area contributed by atoms with Crippen LogP contribution in [0.3, 0.4) is 0 Å². The highest BCUT2D eigenvalue weighted by atomic mass is 16.3. The van der Waals surface area contributed by atoms with Crippen LogP contribution in [0.5, 0.6) is 11.6 Å². The molecule has 5 heteroatoms. The van der Waals surface area contributed by atoms with Crippen LogP contribution < -0.4 is 0 Å². The van der Waals surface area contributed by atoms with Gasteiger partial charge in [-0.2, -0.15) is 0 Å². The molecule has 0 fully saturated rings. The average molecular weight is 331 g/mol. The standard InChI is InChI=1S/C20H17N3O2/c1-13-19-22-17(11-14-7-9-16(24)10-8-14)20(25)23(19)12-18(21-13)15-5-3-2-4-6-15/h2-10,12,24-25H,11H2,1H3. The Kier molecular flexibility index (Phi) is 3.61. The minimum Gasteiger partial charge on any atom is -0.508 e. The zero-order chi connectivity index (χ0) is 17.4. The zero-order valence-corrected chi connectivity index (χ0v) is 13.7. The monoisotopic (exact) mass is 331 g/mol. The summed E-state index contributed by atoms with van der Waals surface area (Å²) in [7, 11) is 0. The molecular formula is C20H17N3O2. The van der Waals surface area contributed by atoms with Crippen molar-refractivity contribution in [2.24, 2.45) is 0 Å². The topological polar surface area (TPSA) is 70.7 Å². The van der Waals surface area contributed by atoms with E-state index >= 15 is 0 Å². The number of phenols is 1. The fraction of sp³-hybridized carbons (Fsp3) is 0.100. The van der Waals surface area contributed by atoms with Crippen LogP contribution in [0, 0.1) is 6.92 Å². The van der Waals surface area contributed by atoms with Gasteiger partial charge in [-0.25, -0.2) is 9.97 Å². The molecule has 0 amide bonds. The molecule has 4 rings (SSSR count). The summed E-state index contributed by atoms with van der Waals surface area (Å²) >= 11 is 0. The lowest BCUT2D eigenvalue weighted by Crippen LogP contribution is -1.95. The van der Waals surface area contributed by atoms with Crippen LogP contribution in [0.2, 0.25) is 0 Å². The van der Waals surface area contributed by atoms with Gasteiger partial charge in [-0.05, 0) is 24.6 Å². The Hall–Kier alpha value is -3.34. The van der Waals surface area contributed by atoms with Gasteiger partial charge < -0.3 is 10.2 Å². The predicted molar refractivity (Wildman–Crippen MR) is 95.7 cm³/mol. The first-order valence-electron chi connectivity index (χ1n) is 8.02. The van der Waals surface area contributed by atoms with Crippen molar-refractivity contribution in [1.82, 2.24) is 14.4 Å². The molecule has 2 heterocycles. The molecule has 0 radical (unpaired) electrons. The lowest BCUT2D eigenvalue weighted by Gasteiger charge is -2.05. The fourth-order valence-electron chi connectivity index (χ4n) is 2.90. The number of phenolic OH excluding ortho intramolecular Hbond substituents is 1. The van der Waals surface area contributed by atoms with Crippen molar-refractivity contribution in [2.45, 2.75) is 13.3 Å². The molecule has 124 valence electrons. The number of imidazole rings is 1. The van der Waals surface area contributed by atoms with E-state index in [4.69, 9.17) is 0 Å². The first-order valence-corrected chi connectivity index (χ1v) is 8.02. The predicted octanol–water partition coefficient (Wildman–Crippen LogP) is 3.71. The summed E-state index contributed by atoms with van der Waals surface area (Å²) in [4.78, 5) is 9.17. The summed E-state index contributed by atoms with van der Waals surface area (Å²) in [6.45, 7) is 1.89. The summed E-state index contributed by atoms with van der Waals surface area (Å²) in [6.07, 6.45) is 2.29. The smallest absolute Gasteiger partial charge is 0.219 e. The Balaban J connectivity index is 1.79. The highest BCUT2D eigenvalue weighted by Crippen LogP contribution is 2.27. The number of hydrogen-bond acceptors (Lipinski definition) is 4. The van der Waals surface area contributed by atoms with E-state index in [9.17, 15) is 10.2 Å². The molecule has 0 bridgehead atoms. The van der Waals surface area contributed by atoms with Crippen LogP contribution in [0.4, 0.5) is 0 Å². The average Bonchev–Trinajstić information content (AvgIpc) is 2.94. The lowest BCUT2D eigenvalue weighted by molar-refractivity contribution is 0.442. The second kappa shape index (κ2) is 5.94. The number of benzene rings is 2. The van der Waals surface area contributed by atoms with E-state index in [1.165, 1.54) is 0 Å². The minimum atomic E-state index is 0.116. The van der Waals surface area contributed by atoms with Crippen molar-refractivity contribution in [3.8, 4) is 22.9 Å². The number of rotatable bonds is 3. The van der Waals surface area contributed by atoms with Crippen LogP contribution in [-0.4, -0.2) is 24.6 Å². The molecule has 0 unspecified atom stereocenters. The Morgan fingerprint density at radius 3 is 2.36 bits per heavy atom. The molecule has 2 aromatic heterocycles. The molecule has 0 saturated carbocycles. The van der Waals surface area contributed by atoms with Gasteiger partial charge >= 0.3 is 0 Å². The van der Waals surface area contributed by atoms with E-state index < -0.39 is 0 Å². The van der Waals surface area contributed by atoms with E-state index in [1.54, 1.807) is 22.7 Å². The van der Waals surface area contributed by atoms with Gasteiger partial charge in [0.2, 0.25) is 5.88 Å². The second-order valence-corrected chi connectivity index (χ2v) is 6.00. The van der Waals surface area contributed by atoms with Gasteiger partial charge in [0.05, 0.1) is 11.4 Å². The van der Waals surface area contributed by atoms with Gasteiger partial charge in [-0.1, -0.05) is 42.5 Å². The van der Waals surface area contributed by atoms with Gasteiger partial charge in [-0.3, -0.25) is 4.40 Å². The first-order chi connectivity index (χ1) is 12.1. The van der Waals surface area contributed by atoms with Crippen molar-refractivity contribution >= 4 is 5.65 Å². The van der Waals surface area contributed by atoms with Gasteiger partial charge in [0, 0.05) is 18.2 Å². The summed E-state index contributed by atoms with van der Waals surface area (Å²) in [5.41, 5.74) is 4.72. The van der Waals surface area contributed by atoms with Crippen molar-refractivity contribution < 1.29 is 10.2 Å². The van der Waals surface area contributed by atoms with Crippen LogP contribution >= 0.6 is 0 Å². The first kappa shape index (κ1) is 15.2. The van der Waals surface area contributed by atoms with Crippen LogP contribution in [-0.2, 0) is 6.42 Å². The molecule has 25 heavy (non-hydrogen) atoms. The van der Waals surface area contributed by atoms with E-state index in [2.05, 4.69) is 9.97 Å². The van der Waals surface area contributed by atoms with Gasteiger partial charge in [-0.15, -0.1) is 0 Å². The fourth-order valence-corrected chi connectivity index (χ4v) is 2.90. The van der Waals surface area contributed by atoms with E-state index in [0.717, 1.165) is 22.5 Å². The van der Waals surface area contributed by atoms with Crippen molar-refractivity contribution in [1.29, 1.82) is 0 Å². The molecule has 4 aromatic rings. The number of fused-ring (bicyclic) bond motifs is 1. The third-order valence-electron chi connectivity index (χ3n) is 4.20. The van der Waals surface area contributed by atoms with E-state index in [1.807, 2.05) is 49.4 Å². The molecule has 5 nitrogen and oxygen atoms in total. The van der Waals surface area contributed by atoms with E-state index in [-0.39, 0.29) is 11.6 Å². The second-order valence-electron chi connectivity index (χ2n) is 6.00. The van der Waals surface area contributed by atoms with Crippen LogP contribution in [0.15, 0.2) is 60.8 Å². The lowest BCUT2D eigenvalue weighted by atomic mass is 10.1. The Morgan fingerprint density at radius 1 is 0.920 bits per heavy atom. The molecular weight excluding hydrogens is 314 g/mol. The summed E-state index contributed by atoms with van der Waals surface area (Å²) < 4.78 is 1.68. The molecule has 2 aromatic carbocycles. The van der Waals surface area contributed by atoms with Gasteiger partial charge in [0.1, 0.15) is 11.4 Å². The molecule has 0 aliphatic rings. The maximum absolute atomic E-state index is 10.6. The Bertz CT molecular complexity index is 1040. The number of aromatic hydroxyl groups is 2. The van der Waals surface area contributed by atoms with Crippen molar-refractivity contribution in [3.63, 3.8) is 0 Å². The summed E-state index contributed by atoms with van der Waals surface area (Å²) in [5, 5.41) is 20.0. The molecule has 2 N–H and O–H groups in total. The third-order valence-corrected chi connectivity index (χ3v) is 4.20. The normalized spacial score (nSPS) is 11.1. The molecule has 0 saturated heterocycles. The quantitative estimate of drug-likeness (QED) is 0.600. The molecule has 0 atom stereocenters. The maximum atomic E-state index is 10.6. The number of aromatic nitrogens is 3. The number of nitrogens with zero attached hydrogens (tertiary/aromatic N) is 3. The van der Waals surface area contributed by atoms with Gasteiger partial charge in [0.15, 0.2) is 5.65 Å². The zero-order valence-electron chi connectivity index (χ0n) is 13.7. The van der Waals surface area contributed by atoms with E-state index in [0.29, 0.717) is 17.8 Å². The number of aryl methyl sites for hydroxylation is 1. The van der Waals surface area contributed by atoms with Crippen molar-refractivity contribution in [3.05, 3.63) is 77.7 Å². The van der Waals surface area contributed by atoms with Gasteiger partial charge in [0.25, 0.3) is 0 Å². The third kappa shape index (κ3) is 2.80. The minimum absolute atomic E-state index is 0.116.